The van der Waals surface area contributed by atoms with Crippen LogP contribution in [0.25, 0.3) is 0 Å². The van der Waals surface area contributed by atoms with Crippen LogP contribution >= 0.6 is 0 Å². The first-order valence-electron chi connectivity index (χ1n) is 22.9. The molecule has 16 radical (unpaired) electrons. The monoisotopic (exact) mass is 809 g/mol. The van der Waals surface area contributed by atoms with Gasteiger partial charge in [-0.15, -0.1) is 0 Å². The summed E-state index contributed by atoms with van der Waals surface area (Å²) in [7, 11) is -6.96. The van der Waals surface area contributed by atoms with E-state index in [1.54, 1.807) is 24.2 Å². The van der Waals surface area contributed by atoms with Gasteiger partial charge in [-0.2, -0.15) is 0 Å². The summed E-state index contributed by atoms with van der Waals surface area (Å²) in [5.41, 5.74) is 0. The lowest BCUT2D eigenvalue weighted by atomic mass is 10.4. The van der Waals surface area contributed by atoms with Crippen molar-refractivity contribution in [3.05, 3.63) is 55.4 Å². The Hall–Kier alpha value is 1.08. The molecule has 0 saturated heterocycles. The van der Waals surface area contributed by atoms with Crippen molar-refractivity contribution in [1.82, 2.24) is 0 Å². The van der Waals surface area contributed by atoms with E-state index >= 15 is 0 Å². The second kappa shape index (κ2) is 32.0. The average Bonchev–Trinajstić information content (AvgIpc) is 3.14. The Morgan fingerprint density at radius 3 is 0.472 bits per heavy atom. The number of hydrogen-bond acceptors (Lipinski definition) is 0. The van der Waals surface area contributed by atoms with Gasteiger partial charge in [-0.3, -0.25) is 0 Å². The second-order valence-corrected chi connectivity index (χ2v) is 44.8. The number of rotatable bonds is 40. The van der Waals surface area contributed by atoms with Gasteiger partial charge in [-0.25, -0.2) is 0 Å². The normalized spacial score (nSPS) is 13.4. The van der Waals surface area contributed by atoms with Crippen molar-refractivity contribution in [3.63, 3.8) is 0 Å². The third-order valence-corrected chi connectivity index (χ3v) is 38.2. The molecule has 0 saturated carbocycles. The van der Waals surface area contributed by atoms with E-state index in [0.717, 1.165) is 51.4 Å². The van der Waals surface area contributed by atoms with Crippen LogP contribution < -0.4 is 0 Å². The van der Waals surface area contributed by atoms with Crippen molar-refractivity contribution < 1.29 is 0 Å². The van der Waals surface area contributed by atoms with Gasteiger partial charge in [-0.05, 0) is 55.4 Å². The fraction of sp³-hybridized carbons (Fsp3) is 0.833. The summed E-state index contributed by atoms with van der Waals surface area (Å²) >= 11 is 0. The minimum absolute atomic E-state index is 0.828. The molecule has 0 aromatic heterocycles. The molecule has 0 aromatic carbocycles. The molecule has 0 aliphatic carbocycles. The molecular formula is C48H92Si5. The number of hydrogen-bond donors (Lipinski definition) is 0. The summed E-state index contributed by atoms with van der Waals surface area (Å²) in [5, 5.41) is 0. The molecule has 53 heavy (non-hydrogen) atoms. The van der Waals surface area contributed by atoms with Crippen molar-refractivity contribution in [2.75, 3.05) is 0 Å². The van der Waals surface area contributed by atoms with Crippen LogP contribution in [0.2, 0.25) is 123 Å². The Bertz CT molecular complexity index is 646. The zero-order valence-corrected chi connectivity index (χ0v) is 41.6. The molecule has 0 bridgehead atoms. The highest BCUT2D eigenvalue weighted by molar-refractivity contribution is 6.83. The molecule has 0 aliphatic rings. The van der Waals surface area contributed by atoms with Gasteiger partial charge in [0.05, 0.1) is 40.4 Å². The highest BCUT2D eigenvalue weighted by atomic mass is 28.3. The van der Waals surface area contributed by atoms with Crippen LogP contribution in [0, 0.1) is 55.4 Å². The van der Waals surface area contributed by atoms with E-state index in [0.29, 0.717) is 0 Å². The quantitative estimate of drug-likeness (QED) is 0.0541. The lowest BCUT2D eigenvalue weighted by Gasteiger charge is -2.38. The van der Waals surface area contributed by atoms with Gasteiger partial charge in [0, 0.05) is 0 Å². The van der Waals surface area contributed by atoms with E-state index in [1.165, 1.54) is 150 Å². The summed E-state index contributed by atoms with van der Waals surface area (Å²) in [6.45, 7) is 59.4. The maximum absolute atomic E-state index is 6.09. The van der Waals surface area contributed by atoms with Crippen molar-refractivity contribution in [1.29, 1.82) is 0 Å². The van der Waals surface area contributed by atoms with Crippen LogP contribution in [0.3, 0.4) is 0 Å². The second-order valence-electron chi connectivity index (χ2n) is 19.3. The van der Waals surface area contributed by atoms with E-state index in [4.69, 9.17) is 55.4 Å². The maximum atomic E-state index is 6.09. The molecule has 5 heteroatoms. The van der Waals surface area contributed by atoms with Crippen LogP contribution in [-0.4, -0.2) is 40.4 Å². The van der Waals surface area contributed by atoms with Gasteiger partial charge in [0.25, 0.3) is 0 Å². The minimum Gasteiger partial charge on any atom is -0.0691 e. The third kappa shape index (κ3) is 25.9. The first-order chi connectivity index (χ1) is 25.3. The summed E-state index contributed by atoms with van der Waals surface area (Å²) in [4.78, 5) is 0. The van der Waals surface area contributed by atoms with Crippen molar-refractivity contribution in [3.8, 4) is 0 Å². The molecule has 0 N–H and O–H groups in total. The maximum Gasteiger partial charge on any atom is 0.0535 e. The smallest absolute Gasteiger partial charge is 0.0535 e. The average molecular weight is 810 g/mol. The van der Waals surface area contributed by atoms with E-state index in [9.17, 15) is 0 Å². The summed E-state index contributed by atoms with van der Waals surface area (Å²) in [6, 6.07) is 23.1. The fourth-order valence-electron chi connectivity index (χ4n) is 10.0. The molecular weight excluding hydrogens is 717 g/mol. The first-order valence-corrected chi connectivity index (χ1v) is 38.2. The molecule has 0 unspecified atom stereocenters. The molecule has 0 rings (SSSR count). The molecule has 0 aliphatic heterocycles. The van der Waals surface area contributed by atoms with Crippen molar-refractivity contribution in [2.24, 2.45) is 0 Å². The van der Waals surface area contributed by atoms with Gasteiger partial charge < -0.3 is 0 Å². The van der Waals surface area contributed by atoms with E-state index in [2.05, 4.69) is 26.2 Å². The van der Waals surface area contributed by atoms with Gasteiger partial charge >= 0.3 is 0 Å². The molecule has 0 aromatic rings. The van der Waals surface area contributed by atoms with Gasteiger partial charge in [0.1, 0.15) is 0 Å². The predicted molar refractivity (Wildman–Crippen MR) is 256 cm³/mol. The van der Waals surface area contributed by atoms with E-state index in [1.807, 2.05) is 0 Å². The lowest BCUT2D eigenvalue weighted by molar-refractivity contribution is 0.816. The molecule has 0 amide bonds. The zero-order chi connectivity index (χ0) is 40.0. The summed E-state index contributed by atoms with van der Waals surface area (Å²) < 4.78 is 0. The van der Waals surface area contributed by atoms with Gasteiger partial charge in [-0.1, -0.05) is 251 Å². The molecule has 0 spiro atoms. The van der Waals surface area contributed by atoms with Crippen LogP contribution in [0.4, 0.5) is 0 Å². The van der Waals surface area contributed by atoms with E-state index in [-0.39, 0.29) is 0 Å². The predicted octanol–water partition coefficient (Wildman–Crippen LogP) is 17.2. The number of unbranched alkanes of at least 4 members (excludes halogenated alkanes) is 8. The molecule has 0 fully saturated rings. The van der Waals surface area contributed by atoms with Crippen LogP contribution in [0.15, 0.2) is 0 Å². The largest absolute Gasteiger partial charge is 0.0691 e. The summed E-state index contributed by atoms with van der Waals surface area (Å²) in [6.07, 6.45) is 21.9. The summed E-state index contributed by atoms with van der Waals surface area (Å²) in [5.74, 6) is 0. The Labute approximate surface area is 345 Å². The lowest BCUT2D eigenvalue weighted by Crippen LogP contribution is -2.39. The Morgan fingerprint density at radius 1 is 0.208 bits per heavy atom. The van der Waals surface area contributed by atoms with Crippen molar-refractivity contribution >= 4 is 40.4 Å². The molecule has 304 valence electrons. The topological polar surface area (TPSA) is 0 Å². The SMILES string of the molecule is [CH]CCC[Si](C)(CCC[CH])CCC[Si](CCC[Si](C)(CCC[CH])CCC[CH])(CCC[Si](C)(CCC[CH])CCC[CH])CCC[Si](C)(CCC[CH])CCC[CH]. The Kier molecular flexibility index (Phi) is 32.7. The van der Waals surface area contributed by atoms with Crippen LogP contribution in [-0.2, 0) is 0 Å². The third-order valence-electron chi connectivity index (χ3n) is 13.8. The highest BCUT2D eigenvalue weighted by Crippen LogP contribution is 2.41. The first kappa shape index (κ1) is 54.1. The standard InChI is InChI=1S/C48H92Si5/c1-13-21-33-49(9,34-22-14-2)41-29-45-53(46-30-42-50(10,35-23-15-3)36-24-16-4,47-31-43-51(11,37-25-17-5)38-26-18-6)48-32-44-52(12,39-27-19-7)40-28-20-8/h1-8H,13-48H2,9-12H3. The van der Waals surface area contributed by atoms with Crippen LogP contribution in [0.5, 0.6) is 0 Å². The Morgan fingerprint density at radius 2 is 0.340 bits per heavy atom. The minimum atomic E-state index is -1.55. The highest BCUT2D eigenvalue weighted by Gasteiger charge is 2.37. The Balaban J connectivity index is 6.59. The fourth-order valence-corrected chi connectivity index (χ4v) is 32.2. The zero-order valence-electron chi connectivity index (χ0n) is 36.6. The molecule has 0 heterocycles. The van der Waals surface area contributed by atoms with Crippen molar-refractivity contribution in [2.45, 2.75) is 251 Å². The van der Waals surface area contributed by atoms with Crippen LogP contribution in [0.1, 0.15) is 128 Å². The molecule has 0 atom stereocenters. The van der Waals surface area contributed by atoms with E-state index < -0.39 is 40.4 Å². The van der Waals surface area contributed by atoms with Gasteiger partial charge in [0.15, 0.2) is 0 Å². The van der Waals surface area contributed by atoms with Gasteiger partial charge in [0.2, 0.25) is 0 Å². The molecule has 0 nitrogen and oxygen atoms in total.